The Morgan fingerprint density at radius 3 is 2.22 bits per heavy atom. The average molecular weight is 434 g/mol. The summed E-state index contributed by atoms with van der Waals surface area (Å²) < 4.78 is 39.8. The highest BCUT2D eigenvalue weighted by molar-refractivity contribution is 5.59. The van der Waals surface area contributed by atoms with Crippen molar-refractivity contribution < 1.29 is 13.2 Å². The number of rotatable bonds is 4. The van der Waals surface area contributed by atoms with Crippen molar-refractivity contribution in [1.82, 2.24) is 24.7 Å². The Morgan fingerprint density at radius 1 is 0.875 bits per heavy atom. The first-order valence-corrected chi connectivity index (χ1v) is 9.63. The van der Waals surface area contributed by atoms with E-state index in [1.807, 2.05) is 38.1 Å². The van der Waals surface area contributed by atoms with Crippen molar-refractivity contribution in [1.29, 1.82) is 5.26 Å². The van der Waals surface area contributed by atoms with E-state index in [4.69, 9.17) is 10.2 Å². The van der Waals surface area contributed by atoms with E-state index in [9.17, 15) is 13.2 Å². The molecule has 0 fully saturated rings. The van der Waals surface area contributed by atoms with Gasteiger partial charge in [0.15, 0.2) is 11.5 Å². The van der Waals surface area contributed by atoms with Gasteiger partial charge in [-0.05, 0) is 56.3 Å². The molecule has 4 aromatic rings. The Morgan fingerprint density at radius 2 is 1.59 bits per heavy atom. The molecule has 0 atom stereocenters. The highest BCUT2D eigenvalue weighted by atomic mass is 19.4. The fourth-order valence-electron chi connectivity index (χ4n) is 3.19. The van der Waals surface area contributed by atoms with Gasteiger partial charge in [-0.2, -0.15) is 23.5 Å². The molecule has 0 spiro atoms. The first kappa shape index (κ1) is 21.2. The van der Waals surface area contributed by atoms with E-state index in [0.717, 1.165) is 22.0 Å². The van der Waals surface area contributed by atoms with Crippen molar-refractivity contribution in [3.8, 4) is 23.1 Å². The fourth-order valence-corrected chi connectivity index (χ4v) is 3.19. The van der Waals surface area contributed by atoms with Crippen molar-refractivity contribution in [2.45, 2.75) is 25.4 Å². The summed E-state index contributed by atoms with van der Waals surface area (Å²) >= 11 is 0. The predicted molar refractivity (Wildman–Crippen MR) is 111 cm³/mol. The monoisotopic (exact) mass is 434 g/mol. The van der Waals surface area contributed by atoms with E-state index in [-0.39, 0.29) is 5.82 Å². The van der Waals surface area contributed by atoms with Crippen molar-refractivity contribution >= 4 is 0 Å². The molecule has 0 saturated carbocycles. The van der Waals surface area contributed by atoms with Gasteiger partial charge in [0, 0.05) is 23.4 Å². The molecule has 9 heteroatoms. The zero-order chi connectivity index (χ0) is 22.9. The van der Waals surface area contributed by atoms with Gasteiger partial charge in [0.25, 0.3) is 0 Å². The molecule has 0 amide bonds. The Labute approximate surface area is 182 Å². The van der Waals surface area contributed by atoms with Gasteiger partial charge in [0.05, 0.1) is 17.1 Å². The van der Waals surface area contributed by atoms with Crippen LogP contribution in [-0.4, -0.2) is 24.7 Å². The maximum Gasteiger partial charge on any atom is 0.435 e. The molecule has 0 aromatic carbocycles. The molecule has 4 rings (SSSR count). The molecule has 4 heterocycles. The third-order valence-corrected chi connectivity index (χ3v) is 5.05. The van der Waals surface area contributed by atoms with E-state index in [1.165, 1.54) is 6.20 Å². The average Bonchev–Trinajstić information content (AvgIpc) is 3.30. The highest BCUT2D eigenvalue weighted by Crippen LogP contribution is 2.31. The highest BCUT2D eigenvalue weighted by Gasteiger charge is 2.34. The van der Waals surface area contributed by atoms with Crippen LogP contribution in [0.5, 0.6) is 0 Å². The van der Waals surface area contributed by atoms with E-state index >= 15 is 0 Å². The Bertz CT molecular complexity index is 1300. The van der Waals surface area contributed by atoms with Crippen molar-refractivity contribution in [2.24, 2.45) is 0 Å². The van der Waals surface area contributed by atoms with E-state index in [2.05, 4.69) is 15.1 Å². The van der Waals surface area contributed by atoms with E-state index in [1.54, 1.807) is 36.5 Å². The van der Waals surface area contributed by atoms with Crippen molar-refractivity contribution in [3.63, 3.8) is 0 Å². The number of nitriles is 1. The lowest BCUT2D eigenvalue weighted by Gasteiger charge is -2.24. The summed E-state index contributed by atoms with van der Waals surface area (Å²) in [6.45, 7) is 3.87. The second kappa shape index (κ2) is 7.89. The normalized spacial score (nSPS) is 11.9. The zero-order valence-corrected chi connectivity index (χ0v) is 17.2. The van der Waals surface area contributed by atoms with Crippen LogP contribution in [0.2, 0.25) is 0 Å². The molecule has 0 saturated heterocycles. The first-order valence-electron chi connectivity index (χ1n) is 9.63. The molecule has 0 aliphatic heterocycles. The predicted octanol–water partition coefficient (Wildman–Crippen LogP) is 4.94. The lowest BCUT2D eigenvalue weighted by Crippen LogP contribution is -2.23. The molecule has 0 N–H and O–H groups in total. The molecule has 6 nitrogen and oxygen atoms in total. The van der Waals surface area contributed by atoms with Gasteiger partial charge in [-0.3, -0.25) is 4.98 Å². The largest absolute Gasteiger partial charge is 0.435 e. The molecular formula is C23H17F3N6. The number of alkyl halides is 3. The summed E-state index contributed by atoms with van der Waals surface area (Å²) in [6, 6.07) is 17.0. The summed E-state index contributed by atoms with van der Waals surface area (Å²) in [5, 5.41) is 12.5. The third-order valence-electron chi connectivity index (χ3n) is 5.05. The van der Waals surface area contributed by atoms with Gasteiger partial charge in [0.2, 0.25) is 0 Å². The van der Waals surface area contributed by atoms with Crippen molar-refractivity contribution in [3.05, 3.63) is 89.8 Å². The molecule has 0 radical (unpaired) electrons. The Hall–Kier alpha value is -4.06. The molecule has 0 aliphatic carbocycles. The van der Waals surface area contributed by atoms with Gasteiger partial charge in [0.1, 0.15) is 11.8 Å². The number of hydrogen-bond acceptors (Lipinski definition) is 5. The molecule has 0 unspecified atom stereocenters. The minimum absolute atomic E-state index is 0.276. The first-order chi connectivity index (χ1) is 15.2. The van der Waals surface area contributed by atoms with Crippen LogP contribution in [0.4, 0.5) is 13.2 Å². The van der Waals surface area contributed by atoms with Crippen molar-refractivity contribution in [2.75, 3.05) is 0 Å². The minimum atomic E-state index is -4.52. The SMILES string of the molecule is CC(C)(c1cccc(-c2ccc(C#N)nc2)n1)c1cccc(-n2ccc(C(F)(F)F)n2)n1. The molecule has 160 valence electrons. The lowest BCUT2D eigenvalue weighted by atomic mass is 9.84. The lowest BCUT2D eigenvalue weighted by molar-refractivity contribution is -0.141. The van der Waals surface area contributed by atoms with Gasteiger partial charge < -0.3 is 0 Å². The molecule has 0 aliphatic rings. The number of aromatic nitrogens is 5. The maximum atomic E-state index is 12.9. The number of halogens is 3. The summed E-state index contributed by atoms with van der Waals surface area (Å²) in [7, 11) is 0. The van der Waals surface area contributed by atoms with Crippen LogP contribution >= 0.6 is 0 Å². The van der Waals surface area contributed by atoms with E-state index in [0.29, 0.717) is 17.1 Å². The molecule has 4 aromatic heterocycles. The van der Waals surface area contributed by atoms with Crippen LogP contribution < -0.4 is 0 Å². The number of hydrogen-bond donors (Lipinski definition) is 0. The number of pyridine rings is 3. The van der Waals surface area contributed by atoms with Crippen LogP contribution in [0.1, 0.15) is 36.6 Å². The molecular weight excluding hydrogens is 417 g/mol. The van der Waals surface area contributed by atoms with Crippen LogP contribution in [0.3, 0.4) is 0 Å². The Balaban J connectivity index is 1.69. The summed E-state index contributed by atoms with van der Waals surface area (Å²) in [5.41, 5.74) is 1.49. The second-order valence-corrected chi connectivity index (χ2v) is 7.60. The summed E-state index contributed by atoms with van der Waals surface area (Å²) in [5.74, 6) is 0.276. The maximum absolute atomic E-state index is 12.9. The van der Waals surface area contributed by atoms with Gasteiger partial charge in [-0.15, -0.1) is 0 Å². The Kier molecular flexibility index (Phi) is 5.22. The van der Waals surface area contributed by atoms with Gasteiger partial charge >= 0.3 is 6.18 Å². The van der Waals surface area contributed by atoms with Crippen LogP contribution in [0.15, 0.2) is 67.0 Å². The topological polar surface area (TPSA) is 80.3 Å². The van der Waals surface area contributed by atoms with Gasteiger partial charge in [-0.25, -0.2) is 14.6 Å². The standard InChI is InChI=1S/C23H17F3N6/c1-22(2,18-6-3-5-17(29-18)15-9-10-16(13-27)28-14-15)19-7-4-8-21(30-19)32-12-11-20(31-32)23(24,25)26/h3-12,14H,1-2H3. The quantitative estimate of drug-likeness (QED) is 0.455. The van der Waals surface area contributed by atoms with E-state index < -0.39 is 17.3 Å². The van der Waals surface area contributed by atoms with Crippen LogP contribution in [0.25, 0.3) is 17.1 Å². The molecule has 32 heavy (non-hydrogen) atoms. The summed E-state index contributed by atoms with van der Waals surface area (Å²) in [6.07, 6.45) is -1.70. The fraction of sp³-hybridized carbons (Fsp3) is 0.174. The minimum Gasteiger partial charge on any atom is -0.252 e. The zero-order valence-electron chi connectivity index (χ0n) is 17.2. The summed E-state index contributed by atoms with van der Waals surface area (Å²) in [4.78, 5) is 13.4. The smallest absolute Gasteiger partial charge is 0.252 e. The van der Waals surface area contributed by atoms with Crippen LogP contribution in [0, 0.1) is 11.3 Å². The van der Waals surface area contributed by atoms with Crippen LogP contribution in [-0.2, 0) is 11.6 Å². The molecule has 0 bridgehead atoms. The van der Waals surface area contributed by atoms with Gasteiger partial charge in [-0.1, -0.05) is 12.1 Å². The second-order valence-electron chi connectivity index (χ2n) is 7.60. The number of nitrogens with zero attached hydrogens (tertiary/aromatic N) is 6. The third kappa shape index (κ3) is 4.07.